The third-order valence-corrected chi connectivity index (χ3v) is 2.49. The first kappa shape index (κ1) is 13.6. The molecule has 0 aromatic heterocycles. The molecule has 1 aromatic rings. The van der Waals surface area contributed by atoms with E-state index in [2.05, 4.69) is 5.16 Å². The molecular formula is C9H9Cl2N3O3. The number of amides is 2. The summed E-state index contributed by atoms with van der Waals surface area (Å²) in [6.07, 6.45) is 0.715. The van der Waals surface area contributed by atoms with Crippen molar-refractivity contribution in [3.8, 4) is 0 Å². The van der Waals surface area contributed by atoms with Crippen LogP contribution < -0.4 is 5.73 Å². The number of oxime groups is 1. The Hall–Kier alpha value is -1.50. The number of nitrogens with two attached hydrogens (primary N) is 1. The van der Waals surface area contributed by atoms with Crippen LogP contribution in [0.25, 0.3) is 0 Å². The van der Waals surface area contributed by atoms with E-state index in [-0.39, 0.29) is 6.61 Å². The fourth-order valence-electron chi connectivity index (χ4n) is 1.01. The van der Waals surface area contributed by atoms with Crippen LogP contribution in [0.1, 0.15) is 5.56 Å². The Labute approximate surface area is 107 Å². The van der Waals surface area contributed by atoms with Gasteiger partial charge in [-0.2, -0.15) is 5.06 Å². The van der Waals surface area contributed by atoms with Gasteiger partial charge in [0.05, 0.1) is 0 Å². The summed E-state index contributed by atoms with van der Waals surface area (Å²) in [5.41, 5.74) is 5.45. The third-order valence-electron chi connectivity index (χ3n) is 1.78. The molecule has 0 aliphatic rings. The minimum absolute atomic E-state index is 0.0898. The number of hydrogen-bond acceptors (Lipinski definition) is 4. The summed E-state index contributed by atoms with van der Waals surface area (Å²) in [5.74, 6) is 0. The predicted molar refractivity (Wildman–Crippen MR) is 63.0 cm³/mol. The van der Waals surface area contributed by atoms with Gasteiger partial charge in [0.15, 0.2) is 6.34 Å². The molecule has 0 unspecified atom stereocenters. The number of carbonyl (C=O) groups excluding carboxylic acids is 1. The van der Waals surface area contributed by atoms with Crippen molar-refractivity contribution in [1.82, 2.24) is 5.06 Å². The molecule has 0 fully saturated rings. The summed E-state index contributed by atoms with van der Waals surface area (Å²) >= 11 is 11.8. The van der Waals surface area contributed by atoms with E-state index in [0.717, 1.165) is 0 Å². The molecule has 0 spiro atoms. The van der Waals surface area contributed by atoms with Crippen molar-refractivity contribution in [3.05, 3.63) is 33.8 Å². The lowest BCUT2D eigenvalue weighted by Crippen LogP contribution is -2.34. The van der Waals surface area contributed by atoms with Crippen molar-refractivity contribution in [2.75, 3.05) is 0 Å². The number of nitrogens with zero attached hydrogens (tertiary/aromatic N) is 2. The Bertz CT molecular complexity index is 419. The maximum Gasteiger partial charge on any atom is 0.344 e. The van der Waals surface area contributed by atoms with Crippen molar-refractivity contribution in [1.29, 1.82) is 0 Å². The van der Waals surface area contributed by atoms with E-state index in [9.17, 15) is 4.79 Å². The van der Waals surface area contributed by atoms with Gasteiger partial charge in [-0.05, 0) is 12.1 Å². The first-order valence-corrected chi connectivity index (χ1v) is 5.14. The summed E-state index contributed by atoms with van der Waals surface area (Å²) in [6.45, 7) is -0.0898. The van der Waals surface area contributed by atoms with Crippen LogP contribution in [0.4, 0.5) is 4.79 Å². The largest absolute Gasteiger partial charge is 0.410 e. The average Bonchev–Trinajstić information content (AvgIpc) is 2.26. The number of rotatable bonds is 4. The van der Waals surface area contributed by atoms with E-state index in [0.29, 0.717) is 27.0 Å². The second-order valence-electron chi connectivity index (χ2n) is 2.87. The Morgan fingerprint density at radius 3 is 2.59 bits per heavy atom. The minimum atomic E-state index is -0.939. The summed E-state index contributed by atoms with van der Waals surface area (Å²) < 4.78 is 0. The molecular weight excluding hydrogens is 269 g/mol. The molecule has 1 aromatic carbocycles. The molecule has 0 aliphatic carbocycles. The molecule has 17 heavy (non-hydrogen) atoms. The SMILES string of the molecule is NC(=O)N(/C=N\O)OCc1c(Cl)cccc1Cl. The highest BCUT2D eigenvalue weighted by atomic mass is 35.5. The zero-order chi connectivity index (χ0) is 12.8. The van der Waals surface area contributed by atoms with Crippen LogP contribution in [0.2, 0.25) is 10.0 Å². The van der Waals surface area contributed by atoms with Crippen molar-refractivity contribution in [2.45, 2.75) is 6.61 Å². The van der Waals surface area contributed by atoms with Crippen LogP contribution >= 0.6 is 23.2 Å². The van der Waals surface area contributed by atoms with E-state index in [1.165, 1.54) is 0 Å². The molecule has 0 aliphatic heterocycles. The van der Waals surface area contributed by atoms with Gasteiger partial charge in [-0.1, -0.05) is 34.4 Å². The Morgan fingerprint density at radius 1 is 1.53 bits per heavy atom. The van der Waals surface area contributed by atoms with Gasteiger partial charge in [0.25, 0.3) is 0 Å². The van der Waals surface area contributed by atoms with Crippen LogP contribution in [0.5, 0.6) is 0 Å². The molecule has 0 radical (unpaired) electrons. The molecule has 1 rings (SSSR count). The monoisotopic (exact) mass is 277 g/mol. The Kier molecular flexibility index (Phi) is 5.02. The van der Waals surface area contributed by atoms with Gasteiger partial charge in [0.1, 0.15) is 6.61 Å². The lowest BCUT2D eigenvalue weighted by atomic mass is 10.2. The second-order valence-corrected chi connectivity index (χ2v) is 3.68. The average molecular weight is 278 g/mol. The highest BCUT2D eigenvalue weighted by Crippen LogP contribution is 2.24. The van der Waals surface area contributed by atoms with Gasteiger partial charge >= 0.3 is 6.03 Å². The number of hydroxylamine groups is 2. The lowest BCUT2D eigenvalue weighted by molar-refractivity contribution is -0.0679. The van der Waals surface area contributed by atoms with E-state index in [1.54, 1.807) is 18.2 Å². The van der Waals surface area contributed by atoms with Crippen molar-refractivity contribution < 1.29 is 14.8 Å². The normalized spacial score (nSPS) is 10.7. The minimum Gasteiger partial charge on any atom is -0.410 e. The van der Waals surface area contributed by atoms with Crippen LogP contribution in [0.3, 0.4) is 0 Å². The van der Waals surface area contributed by atoms with E-state index < -0.39 is 6.03 Å². The number of hydrogen-bond donors (Lipinski definition) is 2. The number of urea groups is 1. The molecule has 0 saturated carbocycles. The smallest absolute Gasteiger partial charge is 0.344 e. The molecule has 0 saturated heterocycles. The Balaban J connectivity index is 2.75. The third kappa shape index (κ3) is 3.77. The summed E-state index contributed by atoms with van der Waals surface area (Å²) in [5, 5.41) is 12.2. The van der Waals surface area contributed by atoms with Gasteiger partial charge in [-0.15, -0.1) is 0 Å². The summed E-state index contributed by atoms with van der Waals surface area (Å²) in [6, 6.07) is 3.99. The molecule has 2 amide bonds. The number of halogens is 2. The number of carbonyl (C=O) groups is 1. The van der Waals surface area contributed by atoms with Crippen molar-refractivity contribution >= 4 is 35.6 Å². The van der Waals surface area contributed by atoms with E-state index in [1.807, 2.05) is 0 Å². The van der Waals surface area contributed by atoms with Crippen LogP contribution in [-0.4, -0.2) is 22.6 Å². The second kappa shape index (κ2) is 6.29. The topological polar surface area (TPSA) is 88.2 Å². The standard InChI is InChI=1S/C9H9Cl2N3O3/c10-7-2-1-3-8(11)6(7)4-17-14(5-13-16)9(12)15/h1-3,5,16H,4H2,(H2,12,15)/b13-5-. The highest BCUT2D eigenvalue weighted by molar-refractivity contribution is 6.35. The van der Waals surface area contributed by atoms with E-state index in [4.69, 9.17) is 39.0 Å². The zero-order valence-corrected chi connectivity index (χ0v) is 10.0. The molecule has 8 heteroatoms. The fourth-order valence-corrected chi connectivity index (χ4v) is 1.51. The molecule has 0 bridgehead atoms. The van der Waals surface area contributed by atoms with Crippen LogP contribution in [0.15, 0.2) is 23.4 Å². The fraction of sp³-hybridized carbons (Fsp3) is 0.111. The molecule has 92 valence electrons. The van der Waals surface area contributed by atoms with Gasteiger partial charge in [-0.25, -0.2) is 4.79 Å². The number of benzene rings is 1. The first-order valence-electron chi connectivity index (χ1n) is 4.38. The van der Waals surface area contributed by atoms with Gasteiger partial charge < -0.3 is 10.9 Å². The number of primary amides is 1. The molecule has 6 nitrogen and oxygen atoms in total. The lowest BCUT2D eigenvalue weighted by Gasteiger charge is -2.14. The maximum absolute atomic E-state index is 10.8. The zero-order valence-electron chi connectivity index (χ0n) is 8.51. The van der Waals surface area contributed by atoms with Gasteiger partial charge in [0, 0.05) is 15.6 Å². The quantitative estimate of drug-likeness (QED) is 0.383. The van der Waals surface area contributed by atoms with Gasteiger partial charge in [-0.3, -0.25) is 4.84 Å². The van der Waals surface area contributed by atoms with Crippen molar-refractivity contribution in [3.63, 3.8) is 0 Å². The molecule has 3 N–H and O–H groups in total. The first-order chi connectivity index (χ1) is 8.06. The van der Waals surface area contributed by atoms with Crippen molar-refractivity contribution in [2.24, 2.45) is 10.9 Å². The van der Waals surface area contributed by atoms with Crippen LogP contribution in [0, 0.1) is 0 Å². The Morgan fingerprint density at radius 2 is 2.12 bits per heavy atom. The van der Waals surface area contributed by atoms with Crippen LogP contribution in [-0.2, 0) is 11.4 Å². The maximum atomic E-state index is 10.8. The van der Waals surface area contributed by atoms with Gasteiger partial charge in [0.2, 0.25) is 0 Å². The highest BCUT2D eigenvalue weighted by Gasteiger charge is 2.11. The summed E-state index contributed by atoms with van der Waals surface area (Å²) in [4.78, 5) is 15.8. The molecule has 0 heterocycles. The summed E-state index contributed by atoms with van der Waals surface area (Å²) in [7, 11) is 0. The molecule has 0 atom stereocenters. The van der Waals surface area contributed by atoms with E-state index >= 15 is 0 Å². The predicted octanol–water partition coefficient (Wildman–Crippen LogP) is 2.22.